The molecule has 1 aliphatic rings. The average molecular weight is 433 g/mol. The second-order valence-corrected chi connectivity index (χ2v) is 8.59. The van der Waals surface area contributed by atoms with Gasteiger partial charge in [-0.1, -0.05) is 30.3 Å². The Hall–Kier alpha value is -3.03. The molecular formula is C25H29FN6. The normalized spacial score (nSPS) is 19.5. The van der Waals surface area contributed by atoms with Crippen LogP contribution in [0.2, 0.25) is 0 Å². The van der Waals surface area contributed by atoms with E-state index in [9.17, 15) is 4.39 Å². The average Bonchev–Trinajstić information content (AvgIpc) is 3.49. The van der Waals surface area contributed by atoms with Gasteiger partial charge in [0, 0.05) is 41.9 Å². The molecule has 0 aliphatic carbocycles. The standard InChI is InChI=1S/C25H29FN6/c26-23-16-31(12-10-25(23)27-14-19-5-2-1-3-6-19)11-4-7-20-15-28-24-9-8-21(13-22(20)24)32-17-29-30-18-32/h1-3,5-6,8-9,13,15,17-18,23,25,27-28H,4,7,10-12,14,16H2. The van der Waals surface area contributed by atoms with Gasteiger partial charge in [0.2, 0.25) is 0 Å². The molecule has 1 aliphatic heterocycles. The van der Waals surface area contributed by atoms with Crippen LogP contribution < -0.4 is 5.32 Å². The molecule has 0 saturated carbocycles. The minimum atomic E-state index is -0.827. The molecule has 1 fully saturated rings. The summed E-state index contributed by atoms with van der Waals surface area (Å²) in [5.74, 6) is 0. The third-order valence-electron chi connectivity index (χ3n) is 6.43. The number of halogens is 1. The fourth-order valence-electron chi connectivity index (χ4n) is 4.61. The second-order valence-electron chi connectivity index (χ2n) is 8.59. The predicted molar refractivity (Wildman–Crippen MR) is 125 cm³/mol. The molecule has 3 heterocycles. The first kappa shape index (κ1) is 20.8. The Morgan fingerprint density at radius 1 is 1.09 bits per heavy atom. The van der Waals surface area contributed by atoms with Crippen molar-refractivity contribution in [2.24, 2.45) is 0 Å². The predicted octanol–water partition coefficient (Wildman–Crippen LogP) is 3.88. The number of likely N-dealkylation sites (tertiary alicyclic amines) is 1. The Morgan fingerprint density at radius 2 is 1.94 bits per heavy atom. The summed E-state index contributed by atoms with van der Waals surface area (Å²) >= 11 is 0. The van der Waals surface area contributed by atoms with Crippen molar-refractivity contribution in [3.05, 3.63) is 78.5 Å². The van der Waals surface area contributed by atoms with Gasteiger partial charge in [0.05, 0.1) is 0 Å². The molecule has 166 valence electrons. The zero-order valence-electron chi connectivity index (χ0n) is 18.1. The molecular weight excluding hydrogens is 403 g/mol. The second kappa shape index (κ2) is 9.63. The van der Waals surface area contributed by atoms with E-state index in [0.29, 0.717) is 6.54 Å². The van der Waals surface area contributed by atoms with E-state index >= 15 is 0 Å². The molecule has 0 radical (unpaired) electrons. The lowest BCUT2D eigenvalue weighted by Gasteiger charge is -2.35. The third-order valence-corrected chi connectivity index (χ3v) is 6.43. The van der Waals surface area contributed by atoms with E-state index in [2.05, 4.69) is 61.9 Å². The van der Waals surface area contributed by atoms with Crippen LogP contribution in [0, 0.1) is 0 Å². The summed E-state index contributed by atoms with van der Waals surface area (Å²) in [6.45, 7) is 3.10. The Bertz CT molecular complexity index is 1120. The van der Waals surface area contributed by atoms with Crippen LogP contribution in [-0.2, 0) is 13.0 Å². The molecule has 6 nitrogen and oxygen atoms in total. The highest BCUT2D eigenvalue weighted by atomic mass is 19.1. The van der Waals surface area contributed by atoms with Gasteiger partial charge >= 0.3 is 0 Å². The van der Waals surface area contributed by atoms with Gasteiger partial charge < -0.3 is 15.2 Å². The van der Waals surface area contributed by atoms with Crippen LogP contribution in [0.4, 0.5) is 4.39 Å². The quantitative estimate of drug-likeness (QED) is 0.444. The smallest absolute Gasteiger partial charge is 0.128 e. The first-order valence-corrected chi connectivity index (χ1v) is 11.3. The number of nitrogens with zero attached hydrogens (tertiary/aromatic N) is 4. The highest BCUT2D eigenvalue weighted by molar-refractivity contribution is 5.85. The molecule has 0 amide bonds. The van der Waals surface area contributed by atoms with E-state index in [-0.39, 0.29) is 6.04 Å². The number of rotatable bonds is 8. The first-order chi connectivity index (χ1) is 15.8. The number of nitrogens with one attached hydrogen (secondary N) is 2. The van der Waals surface area contributed by atoms with Crippen molar-refractivity contribution in [1.29, 1.82) is 0 Å². The van der Waals surface area contributed by atoms with Crippen molar-refractivity contribution in [2.75, 3.05) is 19.6 Å². The maximum absolute atomic E-state index is 14.8. The fraction of sp³-hybridized carbons (Fsp3) is 0.360. The molecule has 32 heavy (non-hydrogen) atoms. The highest BCUT2D eigenvalue weighted by Gasteiger charge is 2.28. The summed E-state index contributed by atoms with van der Waals surface area (Å²) in [6, 6.07) is 16.5. The zero-order valence-corrected chi connectivity index (χ0v) is 18.1. The van der Waals surface area contributed by atoms with Crippen LogP contribution in [0.15, 0.2) is 67.4 Å². The van der Waals surface area contributed by atoms with Crippen LogP contribution in [0.25, 0.3) is 16.6 Å². The van der Waals surface area contributed by atoms with Crippen LogP contribution >= 0.6 is 0 Å². The van der Waals surface area contributed by atoms with Gasteiger partial charge in [0.25, 0.3) is 0 Å². The molecule has 5 rings (SSSR count). The largest absolute Gasteiger partial charge is 0.361 e. The Morgan fingerprint density at radius 3 is 2.75 bits per heavy atom. The van der Waals surface area contributed by atoms with E-state index in [4.69, 9.17) is 0 Å². The van der Waals surface area contributed by atoms with E-state index in [0.717, 1.165) is 50.1 Å². The van der Waals surface area contributed by atoms with Gasteiger partial charge in [-0.15, -0.1) is 10.2 Å². The van der Waals surface area contributed by atoms with Crippen LogP contribution in [0.1, 0.15) is 24.0 Å². The lowest BCUT2D eigenvalue weighted by atomic mass is 10.0. The molecule has 2 atom stereocenters. The number of aryl methyl sites for hydroxylation is 1. The van der Waals surface area contributed by atoms with Crippen molar-refractivity contribution >= 4 is 10.9 Å². The number of aromatic nitrogens is 4. The van der Waals surface area contributed by atoms with Crippen molar-refractivity contribution in [3.8, 4) is 5.69 Å². The van der Waals surface area contributed by atoms with Gasteiger partial charge in [-0.3, -0.25) is 4.57 Å². The molecule has 0 spiro atoms. The summed E-state index contributed by atoms with van der Waals surface area (Å²) < 4.78 is 16.7. The number of hydrogen-bond acceptors (Lipinski definition) is 4. The van der Waals surface area contributed by atoms with Gasteiger partial charge in [0.1, 0.15) is 18.8 Å². The number of alkyl halides is 1. The van der Waals surface area contributed by atoms with E-state index < -0.39 is 6.17 Å². The lowest BCUT2D eigenvalue weighted by molar-refractivity contribution is 0.102. The summed E-state index contributed by atoms with van der Waals surface area (Å²) in [5.41, 5.74) is 4.68. The number of benzene rings is 2. The van der Waals surface area contributed by atoms with Crippen LogP contribution in [-0.4, -0.2) is 56.5 Å². The van der Waals surface area contributed by atoms with Gasteiger partial charge in [-0.05, 0) is 61.7 Å². The topological polar surface area (TPSA) is 61.8 Å². The SMILES string of the molecule is FC1CN(CCCc2c[nH]c3ccc(-n4cnnc4)cc23)CCC1NCc1ccccc1. The molecule has 0 bridgehead atoms. The number of piperidine rings is 1. The summed E-state index contributed by atoms with van der Waals surface area (Å²) in [6.07, 6.45) is 7.51. The summed E-state index contributed by atoms with van der Waals surface area (Å²) in [7, 11) is 0. The maximum atomic E-state index is 14.8. The fourth-order valence-corrected chi connectivity index (χ4v) is 4.61. The molecule has 2 aromatic carbocycles. The molecule has 1 saturated heterocycles. The molecule has 2 N–H and O–H groups in total. The van der Waals surface area contributed by atoms with Crippen LogP contribution in [0.3, 0.4) is 0 Å². The molecule has 2 unspecified atom stereocenters. The Balaban J connectivity index is 1.12. The Labute approximate surface area is 187 Å². The monoisotopic (exact) mass is 432 g/mol. The first-order valence-electron chi connectivity index (χ1n) is 11.3. The number of H-pyrrole nitrogens is 1. The minimum Gasteiger partial charge on any atom is -0.361 e. The number of hydrogen-bond donors (Lipinski definition) is 2. The van der Waals surface area contributed by atoms with Crippen molar-refractivity contribution < 1.29 is 4.39 Å². The number of aromatic amines is 1. The van der Waals surface area contributed by atoms with Crippen molar-refractivity contribution in [3.63, 3.8) is 0 Å². The summed E-state index contributed by atoms with van der Waals surface area (Å²) in [5, 5.41) is 12.4. The van der Waals surface area contributed by atoms with Crippen molar-refractivity contribution in [1.82, 2.24) is 30.0 Å². The Kier molecular flexibility index (Phi) is 6.27. The molecule has 4 aromatic rings. The summed E-state index contributed by atoms with van der Waals surface area (Å²) in [4.78, 5) is 5.63. The van der Waals surface area contributed by atoms with Gasteiger partial charge in [0.15, 0.2) is 0 Å². The van der Waals surface area contributed by atoms with E-state index in [1.54, 1.807) is 12.7 Å². The molecule has 2 aromatic heterocycles. The lowest BCUT2D eigenvalue weighted by Crippen LogP contribution is -2.50. The van der Waals surface area contributed by atoms with Crippen LogP contribution in [0.5, 0.6) is 0 Å². The van der Waals surface area contributed by atoms with E-state index in [1.807, 2.05) is 22.8 Å². The van der Waals surface area contributed by atoms with Crippen molar-refractivity contribution in [2.45, 2.75) is 38.0 Å². The van der Waals surface area contributed by atoms with E-state index in [1.165, 1.54) is 16.5 Å². The van der Waals surface area contributed by atoms with Gasteiger partial charge in [-0.2, -0.15) is 0 Å². The minimum absolute atomic E-state index is 0.0591. The number of fused-ring (bicyclic) bond motifs is 1. The highest BCUT2D eigenvalue weighted by Crippen LogP contribution is 2.23. The zero-order chi connectivity index (χ0) is 21.8. The maximum Gasteiger partial charge on any atom is 0.128 e. The molecule has 7 heteroatoms. The van der Waals surface area contributed by atoms with Gasteiger partial charge in [-0.25, -0.2) is 4.39 Å². The third kappa shape index (κ3) is 4.74.